The second kappa shape index (κ2) is 6.74. The highest BCUT2D eigenvalue weighted by molar-refractivity contribution is 5.29. The number of nitrogens with zero attached hydrogens (tertiary/aromatic N) is 1. The number of allylic oxidation sites excluding steroid dienone is 1. The van der Waals surface area contributed by atoms with Gasteiger partial charge in [-0.1, -0.05) is 6.58 Å². The molecule has 0 spiro atoms. The minimum atomic E-state index is 0.260. The van der Waals surface area contributed by atoms with Gasteiger partial charge in [0, 0.05) is 6.08 Å². The Hall–Kier alpha value is -1.95. The summed E-state index contributed by atoms with van der Waals surface area (Å²) in [6.07, 6.45) is 1.18. The Morgan fingerprint density at radius 1 is 1.46 bits per heavy atom. The normalized spacial score (nSPS) is 7.38. The summed E-state index contributed by atoms with van der Waals surface area (Å²) in [4.78, 5) is 0. The van der Waals surface area contributed by atoms with E-state index < -0.39 is 0 Å². The second-order valence-corrected chi connectivity index (χ2v) is 2.03. The van der Waals surface area contributed by atoms with Gasteiger partial charge in [0.1, 0.15) is 11.5 Å². The maximum Gasteiger partial charge on any atom is 0.119 e. The third-order valence-electron chi connectivity index (χ3n) is 1.16. The fourth-order valence-corrected chi connectivity index (χ4v) is 0.582. The highest BCUT2D eigenvalue weighted by Gasteiger charge is 1.87. The van der Waals surface area contributed by atoms with Gasteiger partial charge >= 0.3 is 0 Å². The molecule has 13 heavy (non-hydrogen) atoms. The molecule has 1 aromatic rings. The van der Waals surface area contributed by atoms with Crippen LogP contribution in [0.25, 0.3) is 0 Å². The summed E-state index contributed by atoms with van der Waals surface area (Å²) in [7, 11) is 1.59. The number of nitriles is 1. The molecule has 0 aliphatic heterocycles. The molecule has 68 valence electrons. The van der Waals surface area contributed by atoms with Crippen LogP contribution < -0.4 is 4.74 Å². The van der Waals surface area contributed by atoms with Gasteiger partial charge in [-0.2, -0.15) is 5.26 Å². The molecule has 0 unspecified atom stereocenters. The van der Waals surface area contributed by atoms with Gasteiger partial charge in [0.15, 0.2) is 0 Å². The average Bonchev–Trinajstić information content (AvgIpc) is 2.19. The number of methoxy groups -OCH3 is 1. The fraction of sp³-hybridized carbons (Fsp3) is 0.100. The monoisotopic (exact) mass is 177 g/mol. The van der Waals surface area contributed by atoms with Gasteiger partial charge in [-0.25, -0.2) is 0 Å². The van der Waals surface area contributed by atoms with Gasteiger partial charge in [0.25, 0.3) is 0 Å². The molecule has 0 radical (unpaired) electrons. The van der Waals surface area contributed by atoms with E-state index in [2.05, 4.69) is 6.58 Å². The zero-order chi connectivity index (χ0) is 10.1. The van der Waals surface area contributed by atoms with Crippen LogP contribution in [0, 0.1) is 11.3 Å². The van der Waals surface area contributed by atoms with Gasteiger partial charge in [-0.05, 0) is 24.3 Å². The number of rotatable bonds is 1. The summed E-state index contributed by atoms with van der Waals surface area (Å²) in [5, 5.41) is 16.3. The Balaban J connectivity index is 0.000000310. The molecule has 0 bridgehead atoms. The number of benzene rings is 1. The lowest BCUT2D eigenvalue weighted by atomic mass is 10.3. The minimum absolute atomic E-state index is 0.260. The van der Waals surface area contributed by atoms with Gasteiger partial charge in [-0.3, -0.25) is 0 Å². The molecule has 3 heteroatoms. The van der Waals surface area contributed by atoms with E-state index in [9.17, 15) is 0 Å². The molecular weight excluding hydrogens is 166 g/mol. The van der Waals surface area contributed by atoms with Crippen LogP contribution in [-0.4, -0.2) is 12.2 Å². The van der Waals surface area contributed by atoms with E-state index in [4.69, 9.17) is 15.1 Å². The number of phenols is 1. The molecule has 1 aromatic carbocycles. The van der Waals surface area contributed by atoms with Crippen molar-refractivity contribution < 1.29 is 9.84 Å². The maximum atomic E-state index is 8.80. The topological polar surface area (TPSA) is 53.2 Å². The molecule has 0 saturated heterocycles. The molecule has 1 rings (SSSR count). The predicted molar refractivity (Wildman–Crippen MR) is 50.5 cm³/mol. The largest absolute Gasteiger partial charge is 0.508 e. The predicted octanol–water partition coefficient (Wildman–Crippen LogP) is 2.10. The van der Waals surface area contributed by atoms with Crippen molar-refractivity contribution in [3.8, 4) is 17.6 Å². The fourth-order valence-electron chi connectivity index (χ4n) is 0.582. The van der Waals surface area contributed by atoms with E-state index in [-0.39, 0.29) is 5.75 Å². The summed E-state index contributed by atoms with van der Waals surface area (Å²) >= 11 is 0. The molecule has 0 saturated carbocycles. The van der Waals surface area contributed by atoms with E-state index in [1.807, 2.05) is 0 Å². The van der Waals surface area contributed by atoms with E-state index >= 15 is 0 Å². The van der Waals surface area contributed by atoms with Crippen LogP contribution in [0.4, 0.5) is 0 Å². The first-order chi connectivity index (χ1) is 6.24. The van der Waals surface area contributed by atoms with Crippen LogP contribution in [0.1, 0.15) is 0 Å². The summed E-state index contributed by atoms with van der Waals surface area (Å²) in [5.41, 5.74) is 0. The molecule has 0 aliphatic carbocycles. The zero-order valence-corrected chi connectivity index (χ0v) is 7.40. The third kappa shape index (κ3) is 5.33. The van der Waals surface area contributed by atoms with Crippen molar-refractivity contribution >= 4 is 0 Å². The standard InChI is InChI=1S/C7H8O2.C3H3N/c1-9-7-4-2-6(8)3-5-7;1-2-3-4/h2-5,8H,1H3;2H,1H2. The lowest BCUT2D eigenvalue weighted by Gasteiger charge is -1.96. The Labute approximate surface area is 77.5 Å². The highest BCUT2D eigenvalue weighted by atomic mass is 16.5. The van der Waals surface area contributed by atoms with Crippen molar-refractivity contribution in [2.24, 2.45) is 0 Å². The van der Waals surface area contributed by atoms with Crippen LogP contribution >= 0.6 is 0 Å². The Morgan fingerprint density at radius 3 is 2.23 bits per heavy atom. The summed E-state index contributed by atoms with van der Waals surface area (Å²) in [5.74, 6) is 1.02. The van der Waals surface area contributed by atoms with Crippen LogP contribution in [-0.2, 0) is 0 Å². The molecule has 1 N–H and O–H groups in total. The summed E-state index contributed by atoms with van der Waals surface area (Å²) in [6.45, 7) is 3.12. The molecular formula is C10H11NO2. The SMILES string of the molecule is C=CC#N.COc1ccc(O)cc1. The van der Waals surface area contributed by atoms with Crippen molar-refractivity contribution in [2.45, 2.75) is 0 Å². The molecule has 0 aromatic heterocycles. The van der Waals surface area contributed by atoms with Crippen LogP contribution in [0.3, 0.4) is 0 Å². The lowest BCUT2D eigenvalue weighted by Crippen LogP contribution is -1.79. The van der Waals surface area contributed by atoms with Crippen molar-refractivity contribution in [1.29, 1.82) is 5.26 Å². The van der Waals surface area contributed by atoms with Crippen molar-refractivity contribution in [2.75, 3.05) is 7.11 Å². The van der Waals surface area contributed by atoms with E-state index in [1.165, 1.54) is 6.08 Å². The van der Waals surface area contributed by atoms with Gasteiger partial charge in [0.2, 0.25) is 0 Å². The number of phenolic OH excluding ortho intramolecular Hbond substituents is 1. The molecule has 3 nitrogen and oxygen atoms in total. The Morgan fingerprint density at radius 2 is 1.92 bits per heavy atom. The van der Waals surface area contributed by atoms with Crippen molar-refractivity contribution in [3.05, 3.63) is 36.9 Å². The van der Waals surface area contributed by atoms with Gasteiger partial charge < -0.3 is 9.84 Å². The van der Waals surface area contributed by atoms with Crippen LogP contribution in [0.15, 0.2) is 36.9 Å². The lowest BCUT2D eigenvalue weighted by molar-refractivity contribution is 0.412. The Kier molecular flexibility index (Phi) is 5.73. The first-order valence-corrected chi connectivity index (χ1v) is 3.58. The molecule has 0 heterocycles. The van der Waals surface area contributed by atoms with Gasteiger partial charge in [0.05, 0.1) is 13.2 Å². The van der Waals surface area contributed by atoms with Crippen molar-refractivity contribution in [3.63, 3.8) is 0 Å². The maximum absolute atomic E-state index is 8.80. The number of hydrogen-bond acceptors (Lipinski definition) is 3. The van der Waals surface area contributed by atoms with E-state index in [0.29, 0.717) is 0 Å². The first kappa shape index (κ1) is 11.1. The molecule has 0 atom stereocenters. The highest BCUT2D eigenvalue weighted by Crippen LogP contribution is 2.14. The third-order valence-corrected chi connectivity index (χ3v) is 1.16. The summed E-state index contributed by atoms with van der Waals surface area (Å²) in [6, 6.07) is 8.27. The zero-order valence-electron chi connectivity index (χ0n) is 7.40. The molecule has 0 amide bonds. The number of ether oxygens (including phenoxy) is 1. The summed E-state index contributed by atoms with van der Waals surface area (Å²) < 4.78 is 4.86. The van der Waals surface area contributed by atoms with Gasteiger partial charge in [-0.15, -0.1) is 0 Å². The number of aromatic hydroxyl groups is 1. The Bertz CT molecular complexity index is 285. The quantitative estimate of drug-likeness (QED) is 0.668. The molecule has 0 aliphatic rings. The molecule has 0 fully saturated rings. The van der Waals surface area contributed by atoms with Crippen LogP contribution in [0.2, 0.25) is 0 Å². The minimum Gasteiger partial charge on any atom is -0.508 e. The second-order valence-electron chi connectivity index (χ2n) is 2.03. The average molecular weight is 177 g/mol. The van der Waals surface area contributed by atoms with E-state index in [1.54, 1.807) is 37.4 Å². The smallest absolute Gasteiger partial charge is 0.119 e. The van der Waals surface area contributed by atoms with E-state index in [0.717, 1.165) is 5.75 Å². The number of hydrogen-bond donors (Lipinski definition) is 1. The first-order valence-electron chi connectivity index (χ1n) is 3.58. The van der Waals surface area contributed by atoms with Crippen molar-refractivity contribution in [1.82, 2.24) is 0 Å². The van der Waals surface area contributed by atoms with Crippen LogP contribution in [0.5, 0.6) is 11.5 Å².